The van der Waals surface area contributed by atoms with Crippen molar-refractivity contribution in [2.24, 2.45) is 7.05 Å². The molecule has 0 aliphatic carbocycles. The summed E-state index contributed by atoms with van der Waals surface area (Å²) in [4.78, 5) is 5.14. The second-order valence-electron chi connectivity index (χ2n) is 9.21. The van der Waals surface area contributed by atoms with E-state index in [1.807, 2.05) is 0 Å². The minimum Gasteiger partial charge on any atom is -0.480 e. The Kier molecular flexibility index (Phi) is 4.07. The van der Waals surface area contributed by atoms with Crippen LogP contribution >= 0.6 is 0 Å². The van der Waals surface area contributed by atoms with Gasteiger partial charge in [-0.2, -0.15) is 0 Å². The molecule has 2 aromatic rings. The third kappa shape index (κ3) is 2.77. The molecule has 3 aliphatic heterocycles. The van der Waals surface area contributed by atoms with Crippen LogP contribution in [0.5, 0.6) is 5.75 Å². The van der Waals surface area contributed by atoms with Crippen molar-refractivity contribution < 1.29 is 9.13 Å². The van der Waals surface area contributed by atoms with Crippen molar-refractivity contribution in [2.45, 2.75) is 56.6 Å². The summed E-state index contributed by atoms with van der Waals surface area (Å²) in [7, 11) is 2.12. The topological polar surface area (TPSA) is 51.1 Å². The van der Waals surface area contributed by atoms with Crippen molar-refractivity contribution in [2.75, 3.05) is 19.6 Å². The van der Waals surface area contributed by atoms with E-state index in [1.54, 1.807) is 12.1 Å². The molecule has 0 bridgehead atoms. The number of fused-ring (bicyclic) bond motifs is 4. The average Bonchev–Trinajstić information content (AvgIpc) is 3.01. The maximum atomic E-state index is 14.1. The molecule has 1 aromatic carbocycles. The number of nitrogens with one attached hydrogen (secondary N) is 2. The van der Waals surface area contributed by atoms with E-state index in [-0.39, 0.29) is 17.0 Å². The second kappa shape index (κ2) is 6.29. The number of hydrogen-bond donors (Lipinski definition) is 2. The number of ether oxygens (including phenoxy) is 1. The van der Waals surface area contributed by atoms with E-state index in [1.165, 1.54) is 6.07 Å². The van der Waals surface area contributed by atoms with Gasteiger partial charge in [-0.25, -0.2) is 9.37 Å². The molecule has 28 heavy (non-hydrogen) atoms. The van der Waals surface area contributed by atoms with E-state index >= 15 is 0 Å². The SMILES string of the molecule is Cn1c(C2CCNC(C)(C)C2)nc2c1C1(CCNCC1)Oc1ccc(F)cc1-2. The third-order valence-corrected chi connectivity index (χ3v) is 6.69. The van der Waals surface area contributed by atoms with Crippen LogP contribution in [0.2, 0.25) is 0 Å². The van der Waals surface area contributed by atoms with Gasteiger partial charge in [0, 0.05) is 36.9 Å². The van der Waals surface area contributed by atoms with E-state index in [0.29, 0.717) is 5.92 Å². The fraction of sp³-hybridized carbons (Fsp3) is 0.591. The summed E-state index contributed by atoms with van der Waals surface area (Å²) in [6.45, 7) is 7.33. The number of aromatic nitrogens is 2. The predicted octanol–water partition coefficient (Wildman–Crippen LogP) is 3.44. The maximum Gasteiger partial charge on any atom is 0.153 e. The van der Waals surface area contributed by atoms with Gasteiger partial charge in [0.2, 0.25) is 0 Å². The Balaban J connectivity index is 1.67. The van der Waals surface area contributed by atoms with Crippen LogP contribution in [0.15, 0.2) is 18.2 Å². The first-order chi connectivity index (χ1) is 13.4. The van der Waals surface area contributed by atoms with Crippen LogP contribution in [-0.4, -0.2) is 34.7 Å². The van der Waals surface area contributed by atoms with Crippen LogP contribution < -0.4 is 15.4 Å². The zero-order chi connectivity index (χ0) is 19.5. The van der Waals surface area contributed by atoms with Crippen molar-refractivity contribution in [3.8, 4) is 17.0 Å². The van der Waals surface area contributed by atoms with Crippen molar-refractivity contribution in [1.82, 2.24) is 20.2 Å². The summed E-state index contributed by atoms with van der Waals surface area (Å²) in [6, 6.07) is 4.82. The normalized spacial score (nSPS) is 25.1. The molecule has 5 rings (SSSR count). The number of benzene rings is 1. The van der Waals surface area contributed by atoms with Crippen molar-refractivity contribution in [1.29, 1.82) is 0 Å². The lowest BCUT2D eigenvalue weighted by atomic mass is 9.83. The lowest BCUT2D eigenvalue weighted by molar-refractivity contribution is 0.0235. The monoisotopic (exact) mass is 384 g/mol. The van der Waals surface area contributed by atoms with E-state index < -0.39 is 0 Å². The van der Waals surface area contributed by atoms with Gasteiger partial charge >= 0.3 is 0 Å². The molecule has 0 radical (unpaired) electrons. The Hall–Kier alpha value is -1.92. The summed E-state index contributed by atoms with van der Waals surface area (Å²) < 4.78 is 22.9. The first-order valence-corrected chi connectivity index (χ1v) is 10.4. The molecule has 4 heterocycles. The molecule has 0 saturated carbocycles. The number of hydrogen-bond acceptors (Lipinski definition) is 4. The van der Waals surface area contributed by atoms with Crippen molar-refractivity contribution in [3.05, 3.63) is 35.5 Å². The van der Waals surface area contributed by atoms with Crippen LogP contribution in [0.3, 0.4) is 0 Å². The minimum atomic E-state index is -0.381. The van der Waals surface area contributed by atoms with Crippen LogP contribution in [-0.2, 0) is 12.6 Å². The lowest BCUT2D eigenvalue weighted by Crippen LogP contribution is -2.47. The molecule has 2 N–H and O–H groups in total. The molecule has 2 fully saturated rings. The summed E-state index contributed by atoms with van der Waals surface area (Å²) in [5.41, 5.74) is 2.54. The number of halogens is 1. The molecular weight excluding hydrogens is 355 g/mol. The Morgan fingerprint density at radius 3 is 2.75 bits per heavy atom. The largest absolute Gasteiger partial charge is 0.480 e. The first-order valence-electron chi connectivity index (χ1n) is 10.4. The Morgan fingerprint density at radius 2 is 2.00 bits per heavy atom. The quantitative estimate of drug-likeness (QED) is 0.791. The standard InChI is InChI=1S/C22H29FN4O/c1-21(2)13-14(6-9-25-21)20-26-18-16-12-15(23)4-5-17(16)28-22(19(18)27(20)3)7-10-24-11-8-22/h4-5,12,14,24-25H,6-11,13H2,1-3H3. The van der Waals surface area contributed by atoms with Gasteiger partial charge in [-0.15, -0.1) is 0 Å². The Bertz CT molecular complexity index is 914. The molecule has 5 nitrogen and oxygen atoms in total. The summed E-state index contributed by atoms with van der Waals surface area (Å²) in [5.74, 6) is 2.01. The molecule has 0 amide bonds. The molecule has 3 aliphatic rings. The van der Waals surface area contributed by atoms with Crippen LogP contribution in [0.1, 0.15) is 57.0 Å². The number of rotatable bonds is 1. The highest BCUT2D eigenvalue weighted by atomic mass is 19.1. The number of piperidine rings is 2. The third-order valence-electron chi connectivity index (χ3n) is 6.69. The highest BCUT2D eigenvalue weighted by molar-refractivity contribution is 5.73. The van der Waals surface area contributed by atoms with Gasteiger partial charge < -0.3 is 19.9 Å². The van der Waals surface area contributed by atoms with Gasteiger partial charge in [0.05, 0.1) is 11.4 Å². The lowest BCUT2D eigenvalue weighted by Gasteiger charge is -2.42. The van der Waals surface area contributed by atoms with Gasteiger partial charge in [-0.05, 0) is 64.5 Å². The van der Waals surface area contributed by atoms with Crippen molar-refractivity contribution >= 4 is 0 Å². The maximum absolute atomic E-state index is 14.1. The first kappa shape index (κ1) is 18.1. The van der Waals surface area contributed by atoms with E-state index in [4.69, 9.17) is 9.72 Å². The molecule has 1 atom stereocenters. The van der Waals surface area contributed by atoms with Gasteiger partial charge in [-0.3, -0.25) is 0 Å². The van der Waals surface area contributed by atoms with E-state index in [2.05, 4.69) is 36.1 Å². The minimum absolute atomic E-state index is 0.0995. The number of imidazole rings is 1. The van der Waals surface area contributed by atoms with E-state index in [0.717, 1.165) is 73.8 Å². The van der Waals surface area contributed by atoms with Gasteiger partial charge in [0.1, 0.15) is 17.4 Å². The summed E-state index contributed by atoms with van der Waals surface area (Å²) in [5, 5.41) is 7.04. The molecule has 150 valence electrons. The Labute approximate surface area is 165 Å². The molecular formula is C22H29FN4O. The molecule has 2 saturated heterocycles. The second-order valence-corrected chi connectivity index (χ2v) is 9.21. The average molecular weight is 384 g/mol. The van der Waals surface area contributed by atoms with Crippen LogP contribution in [0.4, 0.5) is 4.39 Å². The highest BCUT2D eigenvalue weighted by Crippen LogP contribution is 2.50. The molecule has 6 heteroatoms. The van der Waals surface area contributed by atoms with E-state index in [9.17, 15) is 4.39 Å². The fourth-order valence-electron chi connectivity index (χ4n) is 5.39. The van der Waals surface area contributed by atoms with Crippen LogP contribution in [0, 0.1) is 5.82 Å². The van der Waals surface area contributed by atoms with Crippen LogP contribution in [0.25, 0.3) is 11.3 Å². The summed E-state index contributed by atoms with van der Waals surface area (Å²) in [6.07, 6.45) is 3.90. The van der Waals surface area contributed by atoms with Gasteiger partial charge in [0.25, 0.3) is 0 Å². The van der Waals surface area contributed by atoms with Crippen molar-refractivity contribution in [3.63, 3.8) is 0 Å². The van der Waals surface area contributed by atoms with Gasteiger partial charge in [0.15, 0.2) is 5.60 Å². The molecule has 1 aromatic heterocycles. The highest BCUT2D eigenvalue weighted by Gasteiger charge is 2.46. The zero-order valence-electron chi connectivity index (χ0n) is 16.9. The predicted molar refractivity (Wildman–Crippen MR) is 107 cm³/mol. The smallest absolute Gasteiger partial charge is 0.153 e. The summed E-state index contributed by atoms with van der Waals surface area (Å²) >= 11 is 0. The fourth-order valence-corrected chi connectivity index (χ4v) is 5.39. The number of nitrogens with zero attached hydrogens (tertiary/aromatic N) is 2. The molecule has 1 unspecified atom stereocenters. The Morgan fingerprint density at radius 1 is 1.21 bits per heavy atom. The van der Waals surface area contributed by atoms with Gasteiger partial charge in [-0.1, -0.05) is 0 Å². The zero-order valence-corrected chi connectivity index (χ0v) is 16.9. The molecule has 1 spiro atoms.